The normalized spacial score (nSPS) is 10.9. The van der Waals surface area contributed by atoms with Crippen molar-refractivity contribution < 1.29 is 0 Å². The van der Waals surface area contributed by atoms with Gasteiger partial charge in [-0.2, -0.15) is 0 Å². The Balaban J connectivity index is 2.29. The van der Waals surface area contributed by atoms with Gasteiger partial charge in [0.1, 0.15) is 0 Å². The lowest BCUT2D eigenvalue weighted by molar-refractivity contribution is 0.703. The van der Waals surface area contributed by atoms with Crippen LogP contribution in [0.25, 0.3) is 0 Å². The summed E-state index contributed by atoms with van der Waals surface area (Å²) in [5.74, 6) is 0.529. The molecule has 1 unspecified atom stereocenters. The van der Waals surface area contributed by atoms with E-state index in [0.29, 0.717) is 5.92 Å². The van der Waals surface area contributed by atoms with Crippen molar-refractivity contribution in [3.8, 4) is 0 Å². The van der Waals surface area contributed by atoms with Gasteiger partial charge < -0.3 is 0 Å². The monoisotopic (exact) mass is 270 g/mol. The lowest BCUT2D eigenvalue weighted by Gasteiger charge is -2.18. The molecule has 1 atom stereocenters. The van der Waals surface area contributed by atoms with Gasteiger partial charge in [0, 0.05) is 5.92 Å². The average molecular weight is 270 g/mol. The van der Waals surface area contributed by atoms with Crippen molar-refractivity contribution in [1.82, 2.24) is 0 Å². The highest BCUT2D eigenvalue weighted by Gasteiger charge is 2.13. The fourth-order valence-electron chi connectivity index (χ4n) is 2.45. The van der Waals surface area contributed by atoms with Gasteiger partial charge in [0.05, 0.1) is 0 Å². The summed E-state index contributed by atoms with van der Waals surface area (Å²) >= 11 is 0. The Morgan fingerprint density at radius 2 is 1.21 bits per heavy atom. The zero-order valence-electron chi connectivity index (χ0n) is 11.9. The minimum absolute atomic E-state index is 0.529. The summed E-state index contributed by atoms with van der Waals surface area (Å²) in [6.07, 6.45) is 3.64. The summed E-state index contributed by atoms with van der Waals surface area (Å²) in [6.45, 7) is 4.29. The molecule has 0 radical (unpaired) electrons. The van der Waals surface area contributed by atoms with Crippen molar-refractivity contribution in [3.63, 3.8) is 0 Å². The third-order valence-electron chi connectivity index (χ3n) is 3.66. The largest absolute Gasteiger partial charge is 0.138 e. The van der Waals surface area contributed by atoms with E-state index in [0.717, 1.165) is 0 Å². The molecule has 2 aromatic carbocycles. The van der Waals surface area contributed by atoms with Crippen LogP contribution in [-0.4, -0.2) is 6.16 Å². The topological polar surface area (TPSA) is 0 Å². The summed E-state index contributed by atoms with van der Waals surface area (Å²) < 4.78 is 0. The van der Waals surface area contributed by atoms with Gasteiger partial charge in [0.15, 0.2) is 0 Å². The van der Waals surface area contributed by atoms with Gasteiger partial charge in [-0.1, -0.05) is 59.7 Å². The third-order valence-corrected chi connectivity index (χ3v) is 4.06. The van der Waals surface area contributed by atoms with Crippen LogP contribution >= 0.6 is 9.24 Å². The van der Waals surface area contributed by atoms with Crippen LogP contribution in [0, 0.1) is 13.8 Å². The Kier molecular flexibility index (Phi) is 5.16. The standard InChI is InChI=1S/C18H23P/c1-14-5-9-16(10-6-14)18(4-3-13-19)17-11-7-15(2)8-12-17/h5-12,18H,3-4,13,19H2,1-2H3. The van der Waals surface area contributed by atoms with Gasteiger partial charge in [0.2, 0.25) is 0 Å². The van der Waals surface area contributed by atoms with Crippen LogP contribution in [0.15, 0.2) is 48.5 Å². The maximum atomic E-state index is 2.83. The van der Waals surface area contributed by atoms with Crippen LogP contribution in [0.4, 0.5) is 0 Å². The second-order valence-corrected chi connectivity index (χ2v) is 5.88. The first-order valence-corrected chi connectivity index (χ1v) is 7.85. The first-order valence-electron chi connectivity index (χ1n) is 7.04. The fraction of sp³-hybridized carbons (Fsp3) is 0.333. The van der Waals surface area contributed by atoms with Crippen molar-refractivity contribution in [2.24, 2.45) is 0 Å². The van der Waals surface area contributed by atoms with Crippen LogP contribution in [-0.2, 0) is 0 Å². The first kappa shape index (κ1) is 14.3. The van der Waals surface area contributed by atoms with E-state index in [9.17, 15) is 0 Å². The predicted molar refractivity (Wildman–Crippen MR) is 88.0 cm³/mol. The third kappa shape index (κ3) is 3.91. The Hall–Kier alpha value is -1.13. The SMILES string of the molecule is Cc1ccc(C(CCCP)c2ccc(C)cc2)cc1. The van der Waals surface area contributed by atoms with Crippen molar-refractivity contribution in [2.75, 3.05) is 6.16 Å². The Bertz CT molecular complexity index is 451. The Labute approximate surface area is 119 Å². The predicted octanol–water partition coefficient (Wildman–Crippen LogP) is 5.09. The minimum Gasteiger partial charge on any atom is -0.138 e. The number of benzene rings is 2. The summed E-state index contributed by atoms with van der Waals surface area (Å²) in [6, 6.07) is 18.0. The molecule has 0 saturated heterocycles. The quantitative estimate of drug-likeness (QED) is 0.664. The molecule has 0 aromatic heterocycles. The summed E-state index contributed by atoms with van der Waals surface area (Å²) in [4.78, 5) is 0. The number of aryl methyl sites for hydroxylation is 2. The highest BCUT2D eigenvalue weighted by molar-refractivity contribution is 7.16. The van der Waals surface area contributed by atoms with Crippen molar-refractivity contribution in [1.29, 1.82) is 0 Å². The lowest BCUT2D eigenvalue weighted by Crippen LogP contribution is -2.02. The molecule has 1 heteroatoms. The molecule has 0 aliphatic rings. The van der Waals surface area contributed by atoms with Gasteiger partial charge >= 0.3 is 0 Å². The van der Waals surface area contributed by atoms with E-state index in [-0.39, 0.29) is 0 Å². The van der Waals surface area contributed by atoms with E-state index >= 15 is 0 Å². The first-order chi connectivity index (χ1) is 9.20. The van der Waals surface area contributed by atoms with Gasteiger partial charge in [-0.15, -0.1) is 9.24 Å². The molecule has 0 bridgehead atoms. The molecule has 2 aromatic rings. The van der Waals surface area contributed by atoms with Gasteiger partial charge in [0.25, 0.3) is 0 Å². The van der Waals surface area contributed by atoms with Crippen molar-refractivity contribution in [3.05, 3.63) is 70.8 Å². The molecule has 0 amide bonds. The van der Waals surface area contributed by atoms with E-state index in [2.05, 4.69) is 71.6 Å². The smallest absolute Gasteiger partial charge is 0.00894 e. The second-order valence-electron chi connectivity index (χ2n) is 5.30. The molecular weight excluding hydrogens is 247 g/mol. The number of rotatable bonds is 5. The van der Waals surface area contributed by atoms with E-state index < -0.39 is 0 Å². The molecule has 100 valence electrons. The Morgan fingerprint density at radius 3 is 1.58 bits per heavy atom. The van der Waals surface area contributed by atoms with Crippen LogP contribution in [0.3, 0.4) is 0 Å². The molecule has 0 fully saturated rings. The molecule has 2 rings (SSSR count). The molecule has 0 aliphatic carbocycles. The number of hydrogen-bond donors (Lipinski definition) is 0. The molecular formula is C18H23P. The van der Waals surface area contributed by atoms with Crippen LogP contribution in [0.1, 0.15) is 41.0 Å². The Morgan fingerprint density at radius 1 is 0.789 bits per heavy atom. The molecule has 0 nitrogen and oxygen atoms in total. The van der Waals surface area contributed by atoms with E-state index in [4.69, 9.17) is 0 Å². The average Bonchev–Trinajstić information content (AvgIpc) is 2.43. The highest BCUT2D eigenvalue weighted by Crippen LogP contribution is 2.30. The van der Waals surface area contributed by atoms with E-state index in [1.165, 1.54) is 41.3 Å². The molecule has 0 saturated carbocycles. The summed E-state index contributed by atoms with van der Waals surface area (Å²) in [7, 11) is 2.83. The minimum atomic E-state index is 0.529. The van der Waals surface area contributed by atoms with E-state index in [1.807, 2.05) is 0 Å². The van der Waals surface area contributed by atoms with Crippen molar-refractivity contribution in [2.45, 2.75) is 32.6 Å². The van der Waals surface area contributed by atoms with Crippen LogP contribution in [0.5, 0.6) is 0 Å². The fourth-order valence-corrected chi connectivity index (χ4v) is 2.68. The highest BCUT2D eigenvalue weighted by atomic mass is 31.0. The van der Waals surface area contributed by atoms with Gasteiger partial charge in [-0.05, 0) is 44.0 Å². The second kappa shape index (κ2) is 6.87. The summed E-state index contributed by atoms with van der Waals surface area (Å²) in [5.41, 5.74) is 5.54. The zero-order chi connectivity index (χ0) is 13.7. The van der Waals surface area contributed by atoms with Crippen LogP contribution in [0.2, 0.25) is 0 Å². The molecule has 19 heavy (non-hydrogen) atoms. The van der Waals surface area contributed by atoms with Crippen molar-refractivity contribution >= 4 is 9.24 Å². The molecule has 0 N–H and O–H groups in total. The number of hydrogen-bond acceptors (Lipinski definition) is 0. The van der Waals surface area contributed by atoms with Crippen LogP contribution < -0.4 is 0 Å². The zero-order valence-corrected chi connectivity index (χ0v) is 13.0. The lowest BCUT2D eigenvalue weighted by atomic mass is 9.87. The van der Waals surface area contributed by atoms with Gasteiger partial charge in [-0.3, -0.25) is 0 Å². The maximum Gasteiger partial charge on any atom is 0.00894 e. The summed E-state index contributed by atoms with van der Waals surface area (Å²) in [5, 5.41) is 0. The molecule has 0 heterocycles. The van der Waals surface area contributed by atoms with E-state index in [1.54, 1.807) is 0 Å². The maximum absolute atomic E-state index is 2.83. The molecule has 0 aliphatic heterocycles. The van der Waals surface area contributed by atoms with Gasteiger partial charge in [-0.25, -0.2) is 0 Å². The molecule has 0 spiro atoms.